The van der Waals surface area contributed by atoms with Crippen molar-refractivity contribution in [1.29, 1.82) is 0 Å². The van der Waals surface area contributed by atoms with Gasteiger partial charge < -0.3 is 14.5 Å². The molecule has 5 heterocycles. The molecule has 9 heteroatoms. The van der Waals surface area contributed by atoms with Gasteiger partial charge in [0.2, 0.25) is 0 Å². The van der Waals surface area contributed by atoms with E-state index in [0.29, 0.717) is 24.3 Å². The van der Waals surface area contributed by atoms with Crippen LogP contribution >= 0.6 is 0 Å². The fraction of sp³-hybridized carbons (Fsp3) is 0.474. The smallest absolute Gasteiger partial charge is 0.276 e. The van der Waals surface area contributed by atoms with Crippen molar-refractivity contribution < 1.29 is 14.4 Å². The first-order valence-electron chi connectivity index (χ1n) is 9.44. The third kappa shape index (κ3) is 2.57. The highest BCUT2D eigenvalue weighted by atomic mass is 16.5. The molecule has 9 nitrogen and oxygen atoms in total. The van der Waals surface area contributed by atoms with E-state index in [9.17, 15) is 9.90 Å². The summed E-state index contributed by atoms with van der Waals surface area (Å²) < 4.78 is 8.76. The Balaban J connectivity index is 1.39. The zero-order valence-electron chi connectivity index (χ0n) is 15.8. The summed E-state index contributed by atoms with van der Waals surface area (Å²) in [5, 5.41) is 23.6. The molecule has 2 unspecified atom stereocenters. The fourth-order valence-corrected chi connectivity index (χ4v) is 4.79. The van der Waals surface area contributed by atoms with Crippen molar-refractivity contribution in [1.82, 2.24) is 29.6 Å². The highest BCUT2D eigenvalue weighted by molar-refractivity contribution is 5.93. The zero-order chi connectivity index (χ0) is 19.5. The molecule has 146 valence electrons. The number of nitrogens with zero attached hydrogens (tertiary/aromatic N) is 6. The van der Waals surface area contributed by atoms with Gasteiger partial charge >= 0.3 is 0 Å². The van der Waals surface area contributed by atoms with E-state index in [1.165, 1.54) is 0 Å². The Labute approximate surface area is 161 Å². The molecule has 0 radical (unpaired) electrons. The Morgan fingerprint density at radius 1 is 1.25 bits per heavy atom. The summed E-state index contributed by atoms with van der Waals surface area (Å²) in [7, 11) is 3.66. The van der Waals surface area contributed by atoms with E-state index in [0.717, 1.165) is 24.1 Å². The van der Waals surface area contributed by atoms with Crippen molar-refractivity contribution in [2.45, 2.75) is 43.4 Å². The number of aliphatic hydroxyl groups is 1. The van der Waals surface area contributed by atoms with Crippen LogP contribution in [0.25, 0.3) is 11.3 Å². The van der Waals surface area contributed by atoms with Gasteiger partial charge in [0.15, 0.2) is 11.5 Å². The lowest BCUT2D eigenvalue weighted by Gasteiger charge is -2.43. The number of carbonyl (C=O) groups is 1. The van der Waals surface area contributed by atoms with Crippen LogP contribution in [-0.4, -0.2) is 52.7 Å². The summed E-state index contributed by atoms with van der Waals surface area (Å²) in [6.07, 6.45) is 7.95. The molecule has 2 bridgehead atoms. The summed E-state index contributed by atoms with van der Waals surface area (Å²) in [5.41, 5.74) is 0.915. The minimum Gasteiger partial charge on any atom is -0.383 e. The van der Waals surface area contributed by atoms with Crippen LogP contribution in [-0.2, 0) is 19.7 Å². The zero-order valence-corrected chi connectivity index (χ0v) is 15.8. The molecule has 2 aliphatic heterocycles. The molecule has 3 aromatic rings. The van der Waals surface area contributed by atoms with Gasteiger partial charge in [-0.25, -0.2) is 0 Å². The van der Waals surface area contributed by atoms with Gasteiger partial charge in [0.1, 0.15) is 5.60 Å². The van der Waals surface area contributed by atoms with E-state index in [-0.39, 0.29) is 18.0 Å². The van der Waals surface area contributed by atoms with Crippen LogP contribution in [0.3, 0.4) is 0 Å². The highest BCUT2D eigenvalue weighted by Gasteiger charge is 2.51. The Morgan fingerprint density at radius 2 is 2.00 bits per heavy atom. The number of carbonyl (C=O) groups excluding carboxylic acids is 1. The summed E-state index contributed by atoms with van der Waals surface area (Å²) in [4.78, 5) is 15.0. The number of piperidine rings is 1. The van der Waals surface area contributed by atoms with Crippen molar-refractivity contribution in [2.24, 2.45) is 14.1 Å². The van der Waals surface area contributed by atoms with Crippen molar-refractivity contribution in [3.8, 4) is 11.3 Å². The molecule has 1 N–H and O–H groups in total. The van der Waals surface area contributed by atoms with Crippen LogP contribution in [0.2, 0.25) is 0 Å². The molecule has 2 fully saturated rings. The van der Waals surface area contributed by atoms with Gasteiger partial charge in [-0.05, 0) is 18.9 Å². The topological polar surface area (TPSA) is 102 Å². The Bertz CT molecular complexity index is 1020. The number of amides is 1. The maximum absolute atomic E-state index is 13.2. The standard InChI is InChI=1S/C19H22N6O3/c1-23-11-12(10-21-23)16-7-15(22-28-16)18(26)25-13-3-4-14(25)9-19(27,8-13)17-5-6-20-24(17)2/h5-7,10-11,13-14,27H,3-4,8-9H2,1-2H3. The van der Waals surface area contributed by atoms with Crippen LogP contribution in [0, 0.1) is 0 Å². The quantitative estimate of drug-likeness (QED) is 0.736. The molecule has 0 spiro atoms. The van der Waals surface area contributed by atoms with Gasteiger partial charge in [0, 0.05) is 57.5 Å². The SMILES string of the molecule is Cn1cc(-c2cc(C(=O)N3C4CCC3CC(O)(c3ccnn3C)C4)no2)cn1. The first kappa shape index (κ1) is 17.2. The number of hydrogen-bond acceptors (Lipinski definition) is 6. The van der Waals surface area contributed by atoms with E-state index in [1.807, 2.05) is 31.3 Å². The van der Waals surface area contributed by atoms with Gasteiger partial charge in [-0.1, -0.05) is 5.16 Å². The molecule has 0 saturated carbocycles. The molecule has 1 amide bonds. The van der Waals surface area contributed by atoms with Crippen LogP contribution in [0.4, 0.5) is 0 Å². The number of rotatable bonds is 3. The van der Waals surface area contributed by atoms with Crippen molar-refractivity contribution in [2.75, 3.05) is 0 Å². The van der Waals surface area contributed by atoms with Crippen LogP contribution in [0.5, 0.6) is 0 Å². The summed E-state index contributed by atoms with van der Waals surface area (Å²) in [6.45, 7) is 0. The average Bonchev–Trinajstić information content (AvgIpc) is 3.42. The molecular weight excluding hydrogens is 360 g/mol. The van der Waals surface area contributed by atoms with Gasteiger partial charge in [0.05, 0.1) is 17.5 Å². The molecule has 2 saturated heterocycles. The Hall–Kier alpha value is -2.94. The van der Waals surface area contributed by atoms with Crippen molar-refractivity contribution in [3.63, 3.8) is 0 Å². The lowest BCUT2D eigenvalue weighted by Crippen LogP contribution is -2.52. The first-order chi connectivity index (χ1) is 13.4. The minimum atomic E-state index is -0.960. The predicted molar refractivity (Wildman–Crippen MR) is 98.0 cm³/mol. The largest absolute Gasteiger partial charge is 0.383 e. The van der Waals surface area contributed by atoms with Crippen LogP contribution < -0.4 is 0 Å². The number of hydrogen-bond donors (Lipinski definition) is 1. The maximum atomic E-state index is 13.2. The first-order valence-corrected chi connectivity index (χ1v) is 9.44. The van der Waals surface area contributed by atoms with Gasteiger partial charge in [0.25, 0.3) is 5.91 Å². The average molecular weight is 382 g/mol. The molecule has 0 aromatic carbocycles. The summed E-state index contributed by atoms with van der Waals surface area (Å²) in [5.74, 6) is 0.380. The summed E-state index contributed by atoms with van der Waals surface area (Å²) in [6, 6.07) is 3.48. The Kier molecular flexibility index (Phi) is 3.70. The number of aryl methyl sites for hydroxylation is 2. The second-order valence-electron chi connectivity index (χ2n) is 7.86. The molecule has 28 heavy (non-hydrogen) atoms. The van der Waals surface area contributed by atoms with Crippen molar-refractivity contribution in [3.05, 3.63) is 42.1 Å². The van der Waals surface area contributed by atoms with Crippen molar-refractivity contribution >= 4 is 5.91 Å². The molecule has 0 aliphatic carbocycles. The van der Waals surface area contributed by atoms with E-state index < -0.39 is 5.60 Å². The van der Waals surface area contributed by atoms with Crippen LogP contribution in [0.15, 0.2) is 35.2 Å². The highest BCUT2D eigenvalue weighted by Crippen LogP contribution is 2.46. The van der Waals surface area contributed by atoms with Gasteiger partial charge in [-0.2, -0.15) is 10.2 Å². The third-order valence-corrected chi connectivity index (χ3v) is 6.02. The number of aromatic nitrogens is 5. The van der Waals surface area contributed by atoms with E-state index in [2.05, 4.69) is 15.4 Å². The lowest BCUT2D eigenvalue weighted by atomic mass is 9.83. The Morgan fingerprint density at radius 3 is 2.61 bits per heavy atom. The molecule has 3 aromatic heterocycles. The molecular formula is C19H22N6O3. The minimum absolute atomic E-state index is 0.0234. The molecule has 5 rings (SSSR count). The second kappa shape index (κ2) is 6.03. The third-order valence-electron chi connectivity index (χ3n) is 6.02. The van der Waals surface area contributed by atoms with E-state index in [1.54, 1.807) is 27.8 Å². The number of fused-ring (bicyclic) bond motifs is 2. The van der Waals surface area contributed by atoms with E-state index in [4.69, 9.17) is 4.52 Å². The predicted octanol–water partition coefficient (Wildman–Crippen LogP) is 1.46. The van der Waals surface area contributed by atoms with Gasteiger partial charge in [-0.3, -0.25) is 14.2 Å². The normalized spacial score (nSPS) is 26.8. The van der Waals surface area contributed by atoms with Gasteiger partial charge in [-0.15, -0.1) is 0 Å². The van der Waals surface area contributed by atoms with E-state index >= 15 is 0 Å². The lowest BCUT2D eigenvalue weighted by molar-refractivity contribution is -0.0532. The second-order valence-corrected chi connectivity index (χ2v) is 7.86. The fourth-order valence-electron chi connectivity index (χ4n) is 4.79. The molecule has 2 aliphatic rings. The van der Waals surface area contributed by atoms with Crippen LogP contribution in [0.1, 0.15) is 41.9 Å². The maximum Gasteiger partial charge on any atom is 0.276 e. The monoisotopic (exact) mass is 382 g/mol. The molecule has 2 atom stereocenters. The summed E-state index contributed by atoms with van der Waals surface area (Å²) >= 11 is 0.